The Labute approximate surface area is 176 Å². The first-order valence-electron chi connectivity index (χ1n) is 9.94. The number of hydrogen-bond donors (Lipinski definition) is 2. The molecule has 30 heavy (non-hydrogen) atoms. The van der Waals surface area contributed by atoms with Crippen LogP contribution in [0.3, 0.4) is 0 Å². The second-order valence-corrected chi connectivity index (χ2v) is 8.94. The van der Waals surface area contributed by atoms with Crippen molar-refractivity contribution in [1.29, 1.82) is 0 Å². The summed E-state index contributed by atoms with van der Waals surface area (Å²) in [5, 5.41) is 19.3. The maximum absolute atomic E-state index is 12.8. The normalized spacial score (nSPS) is 15.7. The van der Waals surface area contributed by atoms with Crippen molar-refractivity contribution in [1.82, 2.24) is 4.57 Å². The number of carboxylic acid groups (broad SMARTS) is 1. The SMILES string of the molecule is COc1c(-c2cc3c(s2)CCC(CO)=C3)ccc2c(=O)c(C(=O)O)cn(C3CC3)c12. The van der Waals surface area contributed by atoms with E-state index in [9.17, 15) is 19.8 Å². The predicted molar refractivity (Wildman–Crippen MR) is 117 cm³/mol. The number of benzene rings is 1. The minimum atomic E-state index is -1.21. The molecule has 0 radical (unpaired) electrons. The van der Waals surface area contributed by atoms with E-state index in [0.717, 1.165) is 47.3 Å². The van der Waals surface area contributed by atoms with Gasteiger partial charge in [-0.25, -0.2) is 4.79 Å². The molecule has 0 saturated heterocycles. The van der Waals surface area contributed by atoms with Crippen molar-refractivity contribution in [2.24, 2.45) is 0 Å². The Kier molecular flexibility index (Phi) is 4.52. The number of methoxy groups -OCH3 is 1. The zero-order valence-electron chi connectivity index (χ0n) is 16.5. The van der Waals surface area contributed by atoms with Crippen molar-refractivity contribution in [3.8, 4) is 16.2 Å². The van der Waals surface area contributed by atoms with Gasteiger partial charge in [0.05, 0.1) is 24.6 Å². The average Bonchev–Trinajstić information content (AvgIpc) is 3.50. The number of aliphatic hydroxyl groups is 1. The van der Waals surface area contributed by atoms with Crippen LogP contribution in [-0.2, 0) is 6.42 Å². The number of aromatic nitrogens is 1. The fourth-order valence-electron chi connectivity index (χ4n) is 4.20. The largest absolute Gasteiger partial charge is 0.494 e. The molecular weight excluding hydrogens is 402 g/mol. The lowest BCUT2D eigenvalue weighted by molar-refractivity contribution is 0.0695. The van der Waals surface area contributed by atoms with Crippen LogP contribution in [0.2, 0.25) is 0 Å². The number of ether oxygens (including phenoxy) is 1. The number of aryl methyl sites for hydroxylation is 1. The monoisotopic (exact) mass is 423 g/mol. The topological polar surface area (TPSA) is 88.8 Å². The molecule has 2 heterocycles. The van der Waals surface area contributed by atoms with Gasteiger partial charge in [0.25, 0.3) is 0 Å². The zero-order chi connectivity index (χ0) is 21.0. The van der Waals surface area contributed by atoms with Gasteiger partial charge in [-0.2, -0.15) is 0 Å². The molecule has 2 N–H and O–H groups in total. The van der Waals surface area contributed by atoms with E-state index in [4.69, 9.17) is 4.74 Å². The molecule has 0 spiro atoms. The Morgan fingerprint density at radius 2 is 2.10 bits per heavy atom. The van der Waals surface area contributed by atoms with Crippen LogP contribution in [0.25, 0.3) is 27.4 Å². The molecule has 0 amide bonds. The molecule has 1 saturated carbocycles. The molecule has 3 aromatic rings. The summed E-state index contributed by atoms with van der Waals surface area (Å²) in [4.78, 5) is 26.7. The number of nitrogens with zero attached hydrogens (tertiary/aromatic N) is 1. The molecule has 0 atom stereocenters. The van der Waals surface area contributed by atoms with Crippen molar-refractivity contribution in [2.75, 3.05) is 13.7 Å². The maximum atomic E-state index is 12.8. The lowest BCUT2D eigenvalue weighted by Gasteiger charge is -2.17. The molecule has 2 aromatic heterocycles. The lowest BCUT2D eigenvalue weighted by atomic mass is 9.98. The lowest BCUT2D eigenvalue weighted by Crippen LogP contribution is -2.19. The molecule has 2 aliphatic carbocycles. The first-order chi connectivity index (χ1) is 14.5. The number of aliphatic hydroxyl groups excluding tert-OH is 1. The third-order valence-electron chi connectivity index (χ3n) is 5.87. The molecule has 1 aromatic carbocycles. The number of carboxylic acids is 1. The summed E-state index contributed by atoms with van der Waals surface area (Å²) in [6.07, 6.45) is 7.17. The predicted octanol–water partition coefficient (Wildman–Crippen LogP) is 4.09. The van der Waals surface area contributed by atoms with Crippen molar-refractivity contribution in [2.45, 2.75) is 31.7 Å². The van der Waals surface area contributed by atoms with Gasteiger partial charge >= 0.3 is 5.97 Å². The zero-order valence-corrected chi connectivity index (χ0v) is 17.3. The number of hydrogen-bond acceptors (Lipinski definition) is 5. The highest BCUT2D eigenvalue weighted by Crippen LogP contribution is 2.45. The summed E-state index contributed by atoms with van der Waals surface area (Å²) < 4.78 is 7.71. The third kappa shape index (κ3) is 2.97. The number of aromatic carboxylic acids is 1. The van der Waals surface area contributed by atoms with Gasteiger partial charge in [0.1, 0.15) is 5.56 Å². The number of pyridine rings is 1. The molecule has 2 aliphatic rings. The van der Waals surface area contributed by atoms with Gasteiger partial charge in [0, 0.05) is 27.6 Å². The minimum absolute atomic E-state index is 0.0729. The molecule has 5 rings (SSSR count). The highest BCUT2D eigenvalue weighted by molar-refractivity contribution is 7.15. The summed E-state index contributed by atoms with van der Waals surface area (Å²) >= 11 is 1.69. The summed E-state index contributed by atoms with van der Waals surface area (Å²) in [6, 6.07) is 5.85. The van der Waals surface area contributed by atoms with Crippen LogP contribution in [0.5, 0.6) is 5.75 Å². The van der Waals surface area contributed by atoms with Crippen LogP contribution >= 0.6 is 11.3 Å². The molecule has 154 valence electrons. The fraction of sp³-hybridized carbons (Fsp3) is 0.304. The van der Waals surface area contributed by atoms with Gasteiger partial charge in [-0.1, -0.05) is 6.08 Å². The molecule has 0 unspecified atom stereocenters. The first-order valence-corrected chi connectivity index (χ1v) is 10.8. The summed E-state index contributed by atoms with van der Waals surface area (Å²) in [5.74, 6) is -0.616. The minimum Gasteiger partial charge on any atom is -0.494 e. The van der Waals surface area contributed by atoms with Gasteiger partial charge in [0.2, 0.25) is 5.43 Å². The highest BCUT2D eigenvalue weighted by atomic mass is 32.1. The molecule has 1 fully saturated rings. The Morgan fingerprint density at radius 1 is 1.30 bits per heavy atom. The summed E-state index contributed by atoms with van der Waals surface area (Å²) in [7, 11) is 1.59. The van der Waals surface area contributed by atoms with Crippen LogP contribution in [0.4, 0.5) is 0 Å². The van der Waals surface area contributed by atoms with Gasteiger partial charge in [-0.15, -0.1) is 11.3 Å². The van der Waals surface area contributed by atoms with E-state index in [0.29, 0.717) is 16.7 Å². The Bertz CT molecular complexity index is 1280. The highest BCUT2D eigenvalue weighted by Gasteiger charge is 2.29. The van der Waals surface area contributed by atoms with Crippen LogP contribution < -0.4 is 10.2 Å². The van der Waals surface area contributed by atoms with E-state index < -0.39 is 11.4 Å². The van der Waals surface area contributed by atoms with Gasteiger partial charge in [-0.05, 0) is 55.0 Å². The van der Waals surface area contributed by atoms with Crippen molar-refractivity contribution >= 4 is 34.3 Å². The summed E-state index contributed by atoms with van der Waals surface area (Å²) in [5.41, 5.74) is 3.00. The van der Waals surface area contributed by atoms with E-state index in [1.54, 1.807) is 24.5 Å². The van der Waals surface area contributed by atoms with Gasteiger partial charge < -0.3 is 19.5 Å². The van der Waals surface area contributed by atoms with Crippen molar-refractivity contribution < 1.29 is 19.7 Å². The Morgan fingerprint density at radius 3 is 2.77 bits per heavy atom. The molecule has 0 aliphatic heterocycles. The van der Waals surface area contributed by atoms with Gasteiger partial charge in [0.15, 0.2) is 5.75 Å². The van der Waals surface area contributed by atoms with E-state index in [2.05, 4.69) is 6.07 Å². The standard InChI is InChI=1S/C23H21NO5S/c1-29-22-15(19-9-13-8-12(11-25)2-7-18(13)30-19)5-6-16-20(22)24(14-3-4-14)10-17(21(16)26)23(27)28/h5-6,8-10,14,25H,2-4,7,11H2,1H3,(H,27,28). The fourth-order valence-corrected chi connectivity index (χ4v) is 5.36. The average molecular weight is 423 g/mol. The molecule has 0 bridgehead atoms. The van der Waals surface area contributed by atoms with Crippen molar-refractivity contribution in [3.05, 3.63) is 56.2 Å². The quantitative estimate of drug-likeness (QED) is 0.645. The smallest absolute Gasteiger partial charge is 0.341 e. The maximum Gasteiger partial charge on any atom is 0.341 e. The molecule has 6 nitrogen and oxygen atoms in total. The second kappa shape index (κ2) is 7.11. The van der Waals surface area contributed by atoms with Crippen LogP contribution in [0.15, 0.2) is 34.8 Å². The van der Waals surface area contributed by atoms with Crippen LogP contribution in [0.1, 0.15) is 46.1 Å². The van der Waals surface area contributed by atoms with Crippen LogP contribution in [-0.4, -0.2) is 34.5 Å². The van der Waals surface area contributed by atoms with E-state index in [1.165, 1.54) is 11.1 Å². The van der Waals surface area contributed by atoms with E-state index in [1.807, 2.05) is 16.7 Å². The number of rotatable bonds is 5. The summed E-state index contributed by atoms with van der Waals surface area (Å²) in [6.45, 7) is 0.0729. The van der Waals surface area contributed by atoms with Gasteiger partial charge in [-0.3, -0.25) is 4.79 Å². The van der Waals surface area contributed by atoms with Crippen LogP contribution in [0, 0.1) is 0 Å². The molecular formula is C23H21NO5S. The first kappa shape index (κ1) is 19.1. The van der Waals surface area contributed by atoms with E-state index >= 15 is 0 Å². The Balaban J connectivity index is 1.76. The van der Waals surface area contributed by atoms with E-state index in [-0.39, 0.29) is 18.2 Å². The second-order valence-electron chi connectivity index (χ2n) is 7.81. The van der Waals surface area contributed by atoms with Crippen molar-refractivity contribution in [3.63, 3.8) is 0 Å². The number of carbonyl (C=O) groups is 1. The number of thiophene rings is 1. The third-order valence-corrected chi connectivity index (χ3v) is 7.11. The molecule has 7 heteroatoms. The Hall–Kier alpha value is -2.90. The number of fused-ring (bicyclic) bond motifs is 2.